The lowest BCUT2D eigenvalue weighted by atomic mass is 10.2. The Morgan fingerprint density at radius 3 is 2.67 bits per heavy atom. The van der Waals surface area contributed by atoms with Gasteiger partial charge in [0.2, 0.25) is 0 Å². The van der Waals surface area contributed by atoms with Crippen LogP contribution in [0.15, 0.2) is 41.5 Å². The van der Waals surface area contributed by atoms with Crippen molar-refractivity contribution >= 4 is 46.3 Å². The number of ether oxygens (including phenoxy) is 2. The fourth-order valence-corrected chi connectivity index (χ4v) is 2.70. The number of carbonyl (C=O) groups excluding carboxylic acids is 2. The highest BCUT2D eigenvalue weighted by Gasteiger charge is 2.15. The second-order valence-electron chi connectivity index (χ2n) is 5.14. The van der Waals surface area contributed by atoms with Gasteiger partial charge in [-0.1, -0.05) is 12.1 Å². The molecule has 0 heterocycles. The Hall–Kier alpha value is -2.82. The molecule has 0 bridgehead atoms. The number of methoxy groups -OCH3 is 1. The SMILES string of the molecule is CCOc1ccccc1NC(=O)C(=O)N/N=C\c1cc(I)c(O)c(OC)c1. The topological polar surface area (TPSA) is 109 Å². The average Bonchev–Trinajstić information content (AvgIpc) is 2.66. The summed E-state index contributed by atoms with van der Waals surface area (Å²) in [6.07, 6.45) is 1.34. The number of phenolic OH excluding ortho intramolecular Hbond substituents is 1. The molecule has 9 heteroatoms. The van der Waals surface area contributed by atoms with E-state index in [4.69, 9.17) is 9.47 Å². The summed E-state index contributed by atoms with van der Waals surface area (Å²) in [6.45, 7) is 2.25. The number of hydrogen-bond acceptors (Lipinski definition) is 6. The minimum Gasteiger partial charge on any atom is -0.504 e. The third-order valence-corrected chi connectivity index (χ3v) is 4.11. The van der Waals surface area contributed by atoms with Crippen molar-refractivity contribution in [3.63, 3.8) is 0 Å². The van der Waals surface area contributed by atoms with Crippen LogP contribution >= 0.6 is 22.6 Å². The predicted molar refractivity (Wildman–Crippen MR) is 109 cm³/mol. The fourth-order valence-electron chi connectivity index (χ4n) is 2.07. The molecule has 2 aromatic carbocycles. The van der Waals surface area contributed by atoms with Gasteiger partial charge in [-0.25, -0.2) is 5.43 Å². The largest absolute Gasteiger partial charge is 0.504 e. The Labute approximate surface area is 169 Å². The molecule has 0 radical (unpaired) electrons. The van der Waals surface area contributed by atoms with Crippen LogP contribution in [0.5, 0.6) is 17.2 Å². The quantitative estimate of drug-likeness (QED) is 0.253. The van der Waals surface area contributed by atoms with Gasteiger partial charge in [-0.05, 0) is 59.3 Å². The van der Waals surface area contributed by atoms with Crippen LogP contribution in [0.2, 0.25) is 0 Å². The van der Waals surface area contributed by atoms with Crippen LogP contribution < -0.4 is 20.2 Å². The predicted octanol–water partition coefficient (Wildman–Crippen LogP) is 2.49. The highest BCUT2D eigenvalue weighted by atomic mass is 127. The zero-order valence-corrected chi connectivity index (χ0v) is 16.8. The van der Waals surface area contributed by atoms with Crippen LogP contribution in [0.1, 0.15) is 12.5 Å². The van der Waals surface area contributed by atoms with Crippen molar-refractivity contribution in [3.8, 4) is 17.2 Å². The zero-order valence-electron chi connectivity index (χ0n) is 14.7. The molecular formula is C18H18IN3O5. The van der Waals surface area contributed by atoms with E-state index in [0.717, 1.165) is 0 Å². The lowest BCUT2D eigenvalue weighted by Gasteiger charge is -2.10. The summed E-state index contributed by atoms with van der Waals surface area (Å²) >= 11 is 1.94. The normalized spacial score (nSPS) is 10.5. The number of hydrogen-bond donors (Lipinski definition) is 3. The number of nitrogens with one attached hydrogen (secondary N) is 2. The number of benzene rings is 2. The molecule has 8 nitrogen and oxygen atoms in total. The van der Waals surface area contributed by atoms with E-state index in [0.29, 0.717) is 27.2 Å². The van der Waals surface area contributed by atoms with E-state index < -0.39 is 11.8 Å². The standard InChI is InChI=1S/C18H18IN3O5/c1-3-27-14-7-5-4-6-13(14)21-17(24)18(25)22-20-10-11-8-12(19)16(23)15(9-11)26-2/h4-10,23H,3H2,1-2H3,(H,21,24)(H,22,25)/b20-10-. The Morgan fingerprint density at radius 1 is 1.22 bits per heavy atom. The summed E-state index contributed by atoms with van der Waals surface area (Å²) in [6, 6.07) is 9.99. The first kappa shape index (κ1) is 20.5. The number of nitrogens with zero attached hydrogens (tertiary/aromatic N) is 1. The molecule has 0 fully saturated rings. The molecule has 0 aliphatic carbocycles. The number of anilines is 1. The van der Waals surface area contributed by atoms with Gasteiger partial charge in [-0.2, -0.15) is 5.10 Å². The summed E-state index contributed by atoms with van der Waals surface area (Å²) in [7, 11) is 1.43. The molecule has 27 heavy (non-hydrogen) atoms. The first-order valence-corrected chi connectivity index (χ1v) is 8.96. The Balaban J connectivity index is 2.00. The van der Waals surface area contributed by atoms with Crippen molar-refractivity contribution in [3.05, 3.63) is 45.5 Å². The van der Waals surface area contributed by atoms with E-state index in [2.05, 4.69) is 15.8 Å². The third kappa shape index (κ3) is 5.58. The number of aromatic hydroxyl groups is 1. The summed E-state index contributed by atoms with van der Waals surface area (Å²) < 4.78 is 11.0. The van der Waals surface area contributed by atoms with Crippen molar-refractivity contribution < 1.29 is 24.2 Å². The first-order chi connectivity index (χ1) is 13.0. The molecule has 0 spiro atoms. The minimum absolute atomic E-state index is 0.0200. The highest BCUT2D eigenvalue weighted by molar-refractivity contribution is 14.1. The Bertz CT molecular complexity index is 870. The van der Waals surface area contributed by atoms with E-state index in [1.165, 1.54) is 13.3 Å². The summed E-state index contributed by atoms with van der Waals surface area (Å²) in [5.74, 6) is -1.04. The second kappa shape index (κ2) is 9.76. The van der Waals surface area contributed by atoms with Crippen LogP contribution in [0.4, 0.5) is 5.69 Å². The molecule has 0 atom stereocenters. The second-order valence-corrected chi connectivity index (χ2v) is 6.30. The van der Waals surface area contributed by atoms with Crippen molar-refractivity contribution in [2.75, 3.05) is 19.0 Å². The maximum atomic E-state index is 12.0. The van der Waals surface area contributed by atoms with Crippen LogP contribution in [0.3, 0.4) is 0 Å². The van der Waals surface area contributed by atoms with Crippen molar-refractivity contribution in [1.29, 1.82) is 0 Å². The van der Waals surface area contributed by atoms with Gasteiger partial charge < -0.3 is 19.9 Å². The smallest absolute Gasteiger partial charge is 0.329 e. The van der Waals surface area contributed by atoms with Crippen LogP contribution in [0.25, 0.3) is 0 Å². The Kier molecular flexibility index (Phi) is 7.41. The molecule has 3 N–H and O–H groups in total. The van der Waals surface area contributed by atoms with Crippen LogP contribution in [-0.4, -0.2) is 36.9 Å². The van der Waals surface area contributed by atoms with Gasteiger partial charge in [0.15, 0.2) is 11.5 Å². The van der Waals surface area contributed by atoms with Gasteiger partial charge in [0.05, 0.1) is 29.2 Å². The lowest BCUT2D eigenvalue weighted by molar-refractivity contribution is -0.136. The van der Waals surface area contributed by atoms with Crippen molar-refractivity contribution in [2.45, 2.75) is 6.92 Å². The van der Waals surface area contributed by atoms with Gasteiger partial charge in [-0.15, -0.1) is 0 Å². The van der Waals surface area contributed by atoms with Gasteiger partial charge in [-0.3, -0.25) is 9.59 Å². The molecule has 2 amide bonds. The van der Waals surface area contributed by atoms with Gasteiger partial charge in [0.1, 0.15) is 5.75 Å². The molecule has 0 saturated carbocycles. The molecular weight excluding hydrogens is 465 g/mol. The summed E-state index contributed by atoms with van der Waals surface area (Å²) in [5, 5.41) is 16.0. The number of halogens is 1. The lowest BCUT2D eigenvalue weighted by Crippen LogP contribution is -2.32. The maximum absolute atomic E-state index is 12.0. The van der Waals surface area contributed by atoms with Gasteiger partial charge >= 0.3 is 11.8 Å². The average molecular weight is 483 g/mol. The fraction of sp³-hybridized carbons (Fsp3) is 0.167. The molecule has 142 valence electrons. The molecule has 0 aliphatic heterocycles. The van der Waals surface area contributed by atoms with E-state index in [1.807, 2.05) is 29.5 Å². The van der Waals surface area contributed by atoms with E-state index in [9.17, 15) is 14.7 Å². The number of hydrazone groups is 1. The van der Waals surface area contributed by atoms with Crippen LogP contribution in [-0.2, 0) is 9.59 Å². The number of phenols is 1. The number of para-hydroxylation sites is 2. The van der Waals surface area contributed by atoms with E-state index >= 15 is 0 Å². The number of rotatable bonds is 6. The van der Waals surface area contributed by atoms with Gasteiger partial charge in [0, 0.05) is 0 Å². The minimum atomic E-state index is -0.932. The molecule has 2 aromatic rings. The monoisotopic (exact) mass is 483 g/mol. The van der Waals surface area contributed by atoms with Crippen molar-refractivity contribution in [2.24, 2.45) is 5.10 Å². The van der Waals surface area contributed by atoms with Crippen molar-refractivity contribution in [1.82, 2.24) is 5.43 Å². The Morgan fingerprint density at radius 2 is 1.96 bits per heavy atom. The van der Waals surface area contributed by atoms with E-state index in [-0.39, 0.29) is 11.5 Å². The number of carbonyl (C=O) groups is 2. The van der Waals surface area contributed by atoms with Crippen LogP contribution in [0, 0.1) is 3.57 Å². The zero-order chi connectivity index (χ0) is 19.8. The van der Waals surface area contributed by atoms with E-state index in [1.54, 1.807) is 36.4 Å². The van der Waals surface area contributed by atoms with Gasteiger partial charge in [0.25, 0.3) is 0 Å². The third-order valence-electron chi connectivity index (χ3n) is 3.29. The summed E-state index contributed by atoms with van der Waals surface area (Å²) in [5.41, 5.74) is 3.12. The highest BCUT2D eigenvalue weighted by Crippen LogP contribution is 2.31. The molecule has 2 rings (SSSR count). The molecule has 0 aromatic heterocycles. The first-order valence-electron chi connectivity index (χ1n) is 7.89. The number of amides is 2. The molecule has 0 unspecified atom stereocenters. The molecule has 0 saturated heterocycles. The maximum Gasteiger partial charge on any atom is 0.329 e. The molecule has 0 aliphatic rings. The summed E-state index contributed by atoms with van der Waals surface area (Å²) in [4.78, 5) is 23.9.